The first-order valence-corrected chi connectivity index (χ1v) is 9.80. The molecule has 28 heavy (non-hydrogen) atoms. The molecule has 2 aromatic carbocycles. The van der Waals surface area contributed by atoms with E-state index in [-0.39, 0.29) is 12.4 Å². The van der Waals surface area contributed by atoms with Gasteiger partial charge in [-0.2, -0.15) is 4.37 Å². The van der Waals surface area contributed by atoms with Crippen LogP contribution in [-0.2, 0) is 6.61 Å². The number of piperazine rings is 1. The molecule has 0 unspecified atom stereocenters. The van der Waals surface area contributed by atoms with Crippen molar-refractivity contribution in [1.29, 1.82) is 0 Å². The first kappa shape index (κ1) is 18.5. The minimum absolute atomic E-state index is 0.266. The Morgan fingerprint density at radius 2 is 1.75 bits per heavy atom. The van der Waals surface area contributed by atoms with E-state index in [9.17, 15) is 4.39 Å². The molecule has 2 heterocycles. The van der Waals surface area contributed by atoms with Crippen molar-refractivity contribution in [2.75, 3.05) is 43.1 Å². The van der Waals surface area contributed by atoms with E-state index in [1.807, 2.05) is 18.2 Å². The molecule has 0 amide bonds. The third-order valence-corrected chi connectivity index (χ3v) is 5.23. The molecule has 146 valence electrons. The number of benzene rings is 2. The Balaban J connectivity index is 1.36. The molecular weight excluding hydrogens is 379 g/mol. The van der Waals surface area contributed by atoms with Crippen LogP contribution in [0.5, 0.6) is 11.6 Å². The number of ether oxygens (including phenoxy) is 2. The summed E-state index contributed by atoms with van der Waals surface area (Å²) in [6, 6.07) is 14.5. The first-order valence-electron chi connectivity index (χ1n) is 9.06. The lowest BCUT2D eigenvalue weighted by Gasteiger charge is -2.36. The smallest absolute Gasteiger partial charge is 0.271 e. The highest BCUT2D eigenvalue weighted by Gasteiger charge is 2.23. The van der Waals surface area contributed by atoms with Crippen molar-refractivity contribution in [2.24, 2.45) is 0 Å². The monoisotopic (exact) mass is 400 g/mol. The Morgan fingerprint density at radius 1 is 1.00 bits per heavy atom. The topological polar surface area (TPSA) is 50.7 Å². The van der Waals surface area contributed by atoms with Gasteiger partial charge < -0.3 is 19.3 Å². The normalized spacial score (nSPS) is 14.2. The highest BCUT2D eigenvalue weighted by atomic mass is 32.1. The van der Waals surface area contributed by atoms with E-state index in [4.69, 9.17) is 9.47 Å². The molecule has 0 bridgehead atoms. The van der Waals surface area contributed by atoms with E-state index in [2.05, 4.69) is 30.7 Å². The first-order chi connectivity index (χ1) is 13.7. The van der Waals surface area contributed by atoms with Gasteiger partial charge >= 0.3 is 0 Å². The molecular formula is C20H21FN4O2S. The van der Waals surface area contributed by atoms with Crippen LogP contribution in [0.15, 0.2) is 48.5 Å². The summed E-state index contributed by atoms with van der Waals surface area (Å²) in [5, 5.41) is 0. The van der Waals surface area contributed by atoms with Gasteiger partial charge in [0.25, 0.3) is 5.88 Å². The van der Waals surface area contributed by atoms with Gasteiger partial charge in [0.1, 0.15) is 18.2 Å². The molecule has 0 spiro atoms. The van der Waals surface area contributed by atoms with Gasteiger partial charge in [-0.15, -0.1) is 4.37 Å². The van der Waals surface area contributed by atoms with E-state index in [0.717, 1.165) is 55.0 Å². The number of halogens is 1. The Morgan fingerprint density at radius 3 is 2.46 bits per heavy atom. The second-order valence-electron chi connectivity index (χ2n) is 6.48. The maximum absolute atomic E-state index is 13.3. The third-order valence-electron chi connectivity index (χ3n) is 4.72. The maximum atomic E-state index is 13.3. The maximum Gasteiger partial charge on any atom is 0.271 e. The van der Waals surface area contributed by atoms with Crippen LogP contribution in [0.1, 0.15) is 5.56 Å². The van der Waals surface area contributed by atoms with Crippen LogP contribution in [-0.4, -0.2) is 42.0 Å². The molecule has 1 saturated heterocycles. The average Bonchev–Trinajstić information content (AvgIpc) is 3.21. The van der Waals surface area contributed by atoms with Crippen molar-refractivity contribution in [2.45, 2.75) is 6.61 Å². The second kappa shape index (κ2) is 8.43. The second-order valence-corrected chi connectivity index (χ2v) is 7.01. The molecule has 4 rings (SSSR count). The van der Waals surface area contributed by atoms with Crippen LogP contribution in [0.4, 0.5) is 15.9 Å². The summed E-state index contributed by atoms with van der Waals surface area (Å²) in [6.45, 7) is 3.68. The van der Waals surface area contributed by atoms with Crippen LogP contribution in [0, 0.1) is 5.82 Å². The molecule has 1 fully saturated rings. The van der Waals surface area contributed by atoms with Crippen molar-refractivity contribution in [3.63, 3.8) is 0 Å². The fourth-order valence-corrected chi connectivity index (χ4v) is 3.73. The quantitative estimate of drug-likeness (QED) is 0.630. The fourth-order valence-electron chi connectivity index (χ4n) is 3.21. The number of anilines is 2. The van der Waals surface area contributed by atoms with Crippen LogP contribution in [0.25, 0.3) is 0 Å². The number of hydrogen-bond donors (Lipinski definition) is 0. The van der Waals surface area contributed by atoms with Gasteiger partial charge in [-0.25, -0.2) is 4.39 Å². The minimum Gasteiger partial charge on any atom is -0.497 e. The van der Waals surface area contributed by atoms with E-state index in [1.165, 1.54) is 17.8 Å². The molecule has 1 aliphatic heterocycles. The summed E-state index contributed by atoms with van der Waals surface area (Å²) < 4.78 is 33.0. The molecule has 0 radical (unpaired) electrons. The largest absolute Gasteiger partial charge is 0.497 e. The molecule has 1 aromatic heterocycles. The van der Waals surface area contributed by atoms with Crippen molar-refractivity contribution < 1.29 is 13.9 Å². The van der Waals surface area contributed by atoms with Gasteiger partial charge in [0.15, 0.2) is 0 Å². The summed E-state index contributed by atoms with van der Waals surface area (Å²) >= 11 is 1.13. The van der Waals surface area contributed by atoms with Gasteiger partial charge in [-0.3, -0.25) is 0 Å². The standard InChI is InChI=1S/C20H21FN4O2S/c1-26-18-7-5-17(6-8-18)24-9-11-25(12-10-24)19-20(23-28-22-19)27-14-15-3-2-4-16(21)13-15/h2-8,13H,9-12,14H2,1H3. The summed E-state index contributed by atoms with van der Waals surface area (Å²) in [4.78, 5) is 4.52. The lowest BCUT2D eigenvalue weighted by Crippen LogP contribution is -2.46. The number of aromatic nitrogens is 2. The highest BCUT2D eigenvalue weighted by Crippen LogP contribution is 2.28. The van der Waals surface area contributed by atoms with Crippen LogP contribution in [0.3, 0.4) is 0 Å². The van der Waals surface area contributed by atoms with Gasteiger partial charge in [-0.05, 0) is 42.0 Å². The van der Waals surface area contributed by atoms with E-state index < -0.39 is 0 Å². The zero-order valence-corrected chi connectivity index (χ0v) is 16.4. The van der Waals surface area contributed by atoms with Crippen LogP contribution >= 0.6 is 11.7 Å². The fraction of sp³-hybridized carbons (Fsp3) is 0.300. The van der Waals surface area contributed by atoms with Gasteiger partial charge in [0, 0.05) is 31.9 Å². The van der Waals surface area contributed by atoms with Gasteiger partial charge in [-0.1, -0.05) is 12.1 Å². The van der Waals surface area contributed by atoms with E-state index in [1.54, 1.807) is 13.2 Å². The number of methoxy groups -OCH3 is 1. The molecule has 6 nitrogen and oxygen atoms in total. The van der Waals surface area contributed by atoms with Gasteiger partial charge in [0.2, 0.25) is 5.82 Å². The number of rotatable bonds is 6. The Bertz CT molecular complexity index is 911. The van der Waals surface area contributed by atoms with Crippen molar-refractivity contribution in [1.82, 2.24) is 8.75 Å². The summed E-state index contributed by atoms with van der Waals surface area (Å²) in [7, 11) is 1.67. The zero-order chi connectivity index (χ0) is 19.3. The molecule has 0 N–H and O–H groups in total. The molecule has 8 heteroatoms. The summed E-state index contributed by atoms with van der Waals surface area (Å²) in [6.07, 6.45) is 0. The zero-order valence-electron chi connectivity index (χ0n) is 15.5. The lowest BCUT2D eigenvalue weighted by molar-refractivity contribution is 0.296. The van der Waals surface area contributed by atoms with E-state index >= 15 is 0 Å². The third kappa shape index (κ3) is 4.17. The van der Waals surface area contributed by atoms with Crippen molar-refractivity contribution in [3.05, 3.63) is 59.9 Å². The van der Waals surface area contributed by atoms with Crippen LogP contribution in [0.2, 0.25) is 0 Å². The predicted octanol–water partition coefficient (Wildman–Crippen LogP) is 3.59. The SMILES string of the molecule is COc1ccc(N2CCN(c3nsnc3OCc3cccc(F)c3)CC2)cc1. The van der Waals surface area contributed by atoms with Gasteiger partial charge in [0.05, 0.1) is 18.8 Å². The predicted molar refractivity (Wildman–Crippen MR) is 108 cm³/mol. The lowest BCUT2D eigenvalue weighted by atomic mass is 10.2. The molecule has 3 aromatic rings. The van der Waals surface area contributed by atoms with E-state index in [0.29, 0.717) is 5.88 Å². The summed E-state index contributed by atoms with van der Waals surface area (Å²) in [5.74, 6) is 1.85. The summed E-state index contributed by atoms with van der Waals surface area (Å²) in [5.41, 5.74) is 1.95. The Hall–Kier alpha value is -2.87. The number of hydrogen-bond acceptors (Lipinski definition) is 7. The van der Waals surface area contributed by atoms with Crippen molar-refractivity contribution >= 4 is 23.2 Å². The highest BCUT2D eigenvalue weighted by molar-refractivity contribution is 6.99. The molecule has 0 atom stereocenters. The van der Waals surface area contributed by atoms with Crippen molar-refractivity contribution in [3.8, 4) is 11.6 Å². The minimum atomic E-state index is -0.271. The molecule has 0 saturated carbocycles. The molecule has 1 aliphatic rings. The number of nitrogens with zero attached hydrogens (tertiary/aromatic N) is 4. The van der Waals surface area contributed by atoms with Crippen LogP contribution < -0.4 is 19.3 Å². The molecule has 0 aliphatic carbocycles. The average molecular weight is 400 g/mol. The Kier molecular flexibility index (Phi) is 5.57. The Labute approximate surface area is 167 Å².